The largest absolute Gasteiger partial charge is 0.353 e. The zero-order valence-corrected chi connectivity index (χ0v) is 21.8. The molecule has 3 aromatic rings. The van der Waals surface area contributed by atoms with Crippen LogP contribution in [0.4, 0.5) is 23.0 Å². The molecular weight excluding hydrogens is 494 g/mol. The van der Waals surface area contributed by atoms with Crippen LogP contribution in [-0.4, -0.2) is 71.8 Å². The standard InChI is InChI=1S/C25H31N7O4S/c1-3-31(4-2)37(35,36)22-12-10-21(11-13-22)28-24-23(32(33)34)25(27-19-26-24)30-16-14-29(15-17-30)18-20-8-6-5-7-9-20/h5-13,19H,3-4,14-18H2,1-2H3,(H,26,27,28). The number of nitrogens with one attached hydrogen (secondary N) is 1. The first-order valence-electron chi connectivity index (χ1n) is 12.2. The number of benzene rings is 2. The molecule has 1 saturated heterocycles. The van der Waals surface area contributed by atoms with E-state index in [9.17, 15) is 18.5 Å². The highest BCUT2D eigenvalue weighted by Crippen LogP contribution is 2.34. The van der Waals surface area contributed by atoms with Gasteiger partial charge >= 0.3 is 5.69 Å². The third-order valence-electron chi connectivity index (χ3n) is 6.37. The molecule has 2 aromatic carbocycles. The van der Waals surface area contributed by atoms with E-state index in [0.717, 1.165) is 19.6 Å². The predicted octanol–water partition coefficient (Wildman–Crippen LogP) is 3.48. The van der Waals surface area contributed by atoms with Crippen LogP contribution < -0.4 is 10.2 Å². The van der Waals surface area contributed by atoms with E-state index < -0.39 is 14.9 Å². The second-order valence-corrected chi connectivity index (χ2v) is 10.6. The third-order valence-corrected chi connectivity index (χ3v) is 8.43. The summed E-state index contributed by atoms with van der Waals surface area (Å²) in [5.74, 6) is 0.323. The van der Waals surface area contributed by atoms with Crippen LogP contribution in [0.5, 0.6) is 0 Å². The van der Waals surface area contributed by atoms with Crippen LogP contribution in [0.15, 0.2) is 65.8 Å². The maximum atomic E-state index is 12.7. The Morgan fingerprint density at radius 3 is 2.22 bits per heavy atom. The summed E-state index contributed by atoms with van der Waals surface area (Å²) in [6.07, 6.45) is 1.31. The molecule has 1 fully saturated rings. The monoisotopic (exact) mass is 525 g/mol. The number of nitrogens with zero attached hydrogens (tertiary/aromatic N) is 6. The summed E-state index contributed by atoms with van der Waals surface area (Å²) in [6, 6.07) is 16.3. The average Bonchev–Trinajstić information content (AvgIpc) is 2.90. The van der Waals surface area contributed by atoms with Crippen molar-refractivity contribution in [2.45, 2.75) is 25.3 Å². The second kappa shape index (κ2) is 11.6. The second-order valence-electron chi connectivity index (χ2n) is 8.64. The van der Waals surface area contributed by atoms with E-state index in [1.54, 1.807) is 26.0 Å². The van der Waals surface area contributed by atoms with E-state index >= 15 is 0 Å². The van der Waals surface area contributed by atoms with E-state index in [1.807, 2.05) is 23.1 Å². The Kier molecular flexibility index (Phi) is 8.31. The molecule has 1 aliphatic heterocycles. The van der Waals surface area contributed by atoms with Gasteiger partial charge in [-0.05, 0) is 29.8 Å². The van der Waals surface area contributed by atoms with Crippen molar-refractivity contribution < 1.29 is 13.3 Å². The lowest BCUT2D eigenvalue weighted by molar-refractivity contribution is -0.383. The van der Waals surface area contributed by atoms with Crippen LogP contribution in [0.25, 0.3) is 0 Å². The first-order chi connectivity index (χ1) is 17.8. The Labute approximate surface area is 217 Å². The fourth-order valence-electron chi connectivity index (χ4n) is 4.38. The molecule has 4 rings (SSSR count). The molecule has 0 bridgehead atoms. The quantitative estimate of drug-likeness (QED) is 0.313. The van der Waals surface area contributed by atoms with Gasteiger partial charge in [0.25, 0.3) is 0 Å². The summed E-state index contributed by atoms with van der Waals surface area (Å²) in [7, 11) is -3.60. The smallest absolute Gasteiger partial charge is 0.348 e. The van der Waals surface area contributed by atoms with Gasteiger partial charge < -0.3 is 10.2 Å². The number of aromatic nitrogens is 2. The summed E-state index contributed by atoms with van der Waals surface area (Å²) in [6.45, 7) is 7.84. The van der Waals surface area contributed by atoms with E-state index in [2.05, 4.69) is 32.3 Å². The molecule has 2 heterocycles. The molecule has 0 unspecified atom stereocenters. The summed E-state index contributed by atoms with van der Waals surface area (Å²) in [4.78, 5) is 24.3. The van der Waals surface area contributed by atoms with Gasteiger partial charge in [-0.3, -0.25) is 15.0 Å². The van der Waals surface area contributed by atoms with Gasteiger partial charge in [0, 0.05) is 51.5 Å². The molecule has 37 heavy (non-hydrogen) atoms. The minimum atomic E-state index is -3.60. The van der Waals surface area contributed by atoms with E-state index in [0.29, 0.717) is 31.9 Å². The van der Waals surface area contributed by atoms with Gasteiger partial charge in [-0.1, -0.05) is 44.2 Å². The third kappa shape index (κ3) is 6.04. The lowest BCUT2D eigenvalue weighted by Crippen LogP contribution is -2.46. The molecule has 196 valence electrons. The van der Waals surface area contributed by atoms with Crippen molar-refractivity contribution in [3.05, 3.63) is 76.6 Å². The molecule has 0 amide bonds. The molecule has 0 spiro atoms. The summed E-state index contributed by atoms with van der Waals surface area (Å²) in [5, 5.41) is 15.0. The SMILES string of the molecule is CCN(CC)S(=O)(=O)c1ccc(Nc2ncnc(N3CCN(Cc4ccccc4)CC3)c2[N+](=O)[O-])cc1. The minimum absolute atomic E-state index is 0.0565. The molecular formula is C25H31N7O4S. The van der Waals surface area contributed by atoms with E-state index in [1.165, 1.54) is 28.3 Å². The van der Waals surface area contributed by atoms with Gasteiger partial charge in [0.2, 0.25) is 21.7 Å². The minimum Gasteiger partial charge on any atom is -0.348 e. The van der Waals surface area contributed by atoms with E-state index in [4.69, 9.17) is 0 Å². The number of nitro groups is 1. The Morgan fingerprint density at radius 1 is 0.973 bits per heavy atom. The van der Waals surface area contributed by atoms with Crippen LogP contribution in [0.1, 0.15) is 19.4 Å². The Bertz CT molecular complexity index is 1310. The molecule has 0 radical (unpaired) electrons. The van der Waals surface area contributed by atoms with Crippen LogP contribution >= 0.6 is 0 Å². The van der Waals surface area contributed by atoms with Crippen molar-refractivity contribution in [3.63, 3.8) is 0 Å². The summed E-state index contributed by atoms with van der Waals surface area (Å²) in [5.41, 5.74) is 1.50. The fourth-order valence-corrected chi connectivity index (χ4v) is 5.84. The summed E-state index contributed by atoms with van der Waals surface area (Å²) < 4.78 is 26.9. The topological polar surface area (TPSA) is 125 Å². The number of anilines is 3. The van der Waals surface area contributed by atoms with Crippen molar-refractivity contribution in [1.29, 1.82) is 0 Å². The highest BCUT2D eigenvalue weighted by atomic mass is 32.2. The molecule has 1 N–H and O–H groups in total. The van der Waals surface area contributed by atoms with Crippen LogP contribution in [0.2, 0.25) is 0 Å². The van der Waals surface area contributed by atoms with Crippen molar-refractivity contribution in [2.24, 2.45) is 0 Å². The first kappa shape index (κ1) is 26.5. The zero-order chi connectivity index (χ0) is 26.4. The van der Waals surface area contributed by atoms with Gasteiger partial charge in [0.15, 0.2) is 0 Å². The zero-order valence-electron chi connectivity index (χ0n) is 20.9. The van der Waals surface area contributed by atoms with Gasteiger partial charge in [0.1, 0.15) is 6.33 Å². The maximum Gasteiger partial charge on any atom is 0.353 e. The Balaban J connectivity index is 1.50. The fraction of sp³-hybridized carbons (Fsp3) is 0.360. The Hall–Kier alpha value is -3.61. The Morgan fingerprint density at radius 2 is 1.62 bits per heavy atom. The van der Waals surface area contributed by atoms with Gasteiger partial charge in [-0.15, -0.1) is 0 Å². The predicted molar refractivity (Wildman–Crippen MR) is 142 cm³/mol. The highest BCUT2D eigenvalue weighted by molar-refractivity contribution is 7.89. The van der Waals surface area contributed by atoms with Crippen LogP contribution in [0.3, 0.4) is 0 Å². The molecule has 12 heteroatoms. The molecule has 0 saturated carbocycles. The van der Waals surface area contributed by atoms with Crippen molar-refractivity contribution >= 4 is 33.0 Å². The van der Waals surface area contributed by atoms with Crippen LogP contribution in [0, 0.1) is 10.1 Å². The number of piperazine rings is 1. The molecule has 0 atom stereocenters. The van der Waals surface area contributed by atoms with Crippen LogP contribution in [-0.2, 0) is 16.6 Å². The van der Waals surface area contributed by atoms with Gasteiger partial charge in [-0.25, -0.2) is 18.4 Å². The lowest BCUT2D eigenvalue weighted by Gasteiger charge is -2.35. The first-order valence-corrected chi connectivity index (χ1v) is 13.6. The number of rotatable bonds is 10. The molecule has 1 aromatic heterocycles. The maximum absolute atomic E-state index is 12.7. The van der Waals surface area contributed by atoms with E-state index in [-0.39, 0.29) is 22.2 Å². The van der Waals surface area contributed by atoms with Crippen molar-refractivity contribution in [2.75, 3.05) is 49.5 Å². The number of hydrogen-bond donors (Lipinski definition) is 1. The number of hydrogen-bond acceptors (Lipinski definition) is 9. The lowest BCUT2D eigenvalue weighted by atomic mass is 10.2. The van der Waals surface area contributed by atoms with Gasteiger partial charge in [-0.2, -0.15) is 4.31 Å². The molecule has 0 aliphatic carbocycles. The van der Waals surface area contributed by atoms with Gasteiger partial charge in [0.05, 0.1) is 9.82 Å². The summed E-state index contributed by atoms with van der Waals surface area (Å²) >= 11 is 0. The molecule has 1 aliphatic rings. The molecule has 11 nitrogen and oxygen atoms in total. The average molecular weight is 526 g/mol. The normalized spacial score (nSPS) is 14.6. The highest BCUT2D eigenvalue weighted by Gasteiger charge is 2.29. The van der Waals surface area contributed by atoms with Crippen molar-refractivity contribution in [3.8, 4) is 0 Å². The number of sulfonamides is 1. The van der Waals surface area contributed by atoms with Crippen molar-refractivity contribution in [1.82, 2.24) is 19.2 Å².